The number of unbranched alkanes of at least 4 members (excludes halogenated alkanes) is 1. The molecule has 0 saturated carbocycles. The van der Waals surface area contributed by atoms with E-state index in [1.54, 1.807) is 18.3 Å². The Morgan fingerprint density at radius 3 is 2.77 bits per heavy atom. The summed E-state index contributed by atoms with van der Waals surface area (Å²) in [4.78, 5) is 21.5. The summed E-state index contributed by atoms with van der Waals surface area (Å²) in [7, 11) is 2.12. The molecule has 0 atom stereocenters. The smallest absolute Gasteiger partial charge is 0.270 e. The maximum atomic E-state index is 12.3. The van der Waals surface area contributed by atoms with Crippen molar-refractivity contribution in [3.63, 3.8) is 0 Å². The molecule has 0 fully saturated rings. The average molecular weight is 415 g/mol. The van der Waals surface area contributed by atoms with Crippen molar-refractivity contribution >= 4 is 12.2 Å². The summed E-state index contributed by atoms with van der Waals surface area (Å²) in [5.41, 5.74) is 5.39. The number of aromatic amines is 1. The fourth-order valence-electron chi connectivity index (χ4n) is 3.19. The number of nitriles is 1. The van der Waals surface area contributed by atoms with E-state index in [-0.39, 0.29) is 11.5 Å². The predicted molar refractivity (Wildman–Crippen MR) is 124 cm³/mol. The zero-order valence-corrected chi connectivity index (χ0v) is 17.8. The van der Waals surface area contributed by atoms with E-state index in [4.69, 9.17) is 0 Å². The molecule has 0 spiro atoms. The van der Waals surface area contributed by atoms with Gasteiger partial charge >= 0.3 is 0 Å². The van der Waals surface area contributed by atoms with Crippen LogP contribution in [-0.4, -0.2) is 34.7 Å². The molecule has 0 bridgehead atoms. The molecule has 1 aromatic heterocycles. The van der Waals surface area contributed by atoms with Gasteiger partial charge in [0.2, 0.25) is 5.95 Å². The molecule has 0 aliphatic carbocycles. The van der Waals surface area contributed by atoms with Crippen molar-refractivity contribution in [1.29, 1.82) is 5.26 Å². The van der Waals surface area contributed by atoms with Gasteiger partial charge in [-0.15, -0.1) is 0 Å². The summed E-state index contributed by atoms with van der Waals surface area (Å²) in [5, 5.41) is 13.6. The molecule has 31 heavy (non-hydrogen) atoms. The van der Waals surface area contributed by atoms with E-state index in [9.17, 15) is 10.1 Å². The van der Waals surface area contributed by atoms with E-state index in [1.807, 2.05) is 36.4 Å². The maximum absolute atomic E-state index is 12.3. The third-order valence-electron chi connectivity index (χ3n) is 4.76. The van der Waals surface area contributed by atoms with Gasteiger partial charge in [0.1, 0.15) is 11.6 Å². The first-order valence-electron chi connectivity index (χ1n) is 10.3. The van der Waals surface area contributed by atoms with Crippen LogP contribution in [0.25, 0.3) is 11.3 Å². The number of nitrogens with zero attached hydrogens (tertiary/aromatic N) is 4. The Morgan fingerprint density at radius 1 is 1.23 bits per heavy atom. The van der Waals surface area contributed by atoms with Crippen molar-refractivity contribution in [2.24, 2.45) is 5.10 Å². The minimum atomic E-state index is -0.508. The predicted octanol–water partition coefficient (Wildman–Crippen LogP) is 3.99. The van der Waals surface area contributed by atoms with E-state index in [1.165, 1.54) is 18.4 Å². The number of H-pyrrole nitrogens is 1. The Labute approximate surface area is 182 Å². The first-order chi connectivity index (χ1) is 15.1. The normalized spacial score (nSPS) is 11.0. The van der Waals surface area contributed by atoms with Crippen LogP contribution < -0.4 is 11.0 Å². The molecule has 7 nitrogen and oxygen atoms in total. The number of anilines is 1. The first kappa shape index (κ1) is 21.9. The summed E-state index contributed by atoms with van der Waals surface area (Å²) < 4.78 is 0. The number of aromatic nitrogens is 2. The molecule has 2 aromatic carbocycles. The van der Waals surface area contributed by atoms with Crippen molar-refractivity contribution in [3.05, 3.63) is 81.6 Å². The summed E-state index contributed by atoms with van der Waals surface area (Å²) in [5.74, 6) is 0.176. The zero-order valence-electron chi connectivity index (χ0n) is 17.8. The molecule has 3 rings (SSSR count). The van der Waals surface area contributed by atoms with Crippen LogP contribution in [-0.2, 0) is 6.54 Å². The Balaban J connectivity index is 1.74. The van der Waals surface area contributed by atoms with E-state index in [0.29, 0.717) is 11.3 Å². The first-order valence-corrected chi connectivity index (χ1v) is 10.3. The molecule has 158 valence electrons. The number of hydrogen-bond acceptors (Lipinski definition) is 6. The summed E-state index contributed by atoms with van der Waals surface area (Å²) in [6, 6.07) is 19.2. The molecule has 0 aliphatic heterocycles. The van der Waals surface area contributed by atoms with Crippen molar-refractivity contribution in [1.82, 2.24) is 14.9 Å². The lowest BCUT2D eigenvalue weighted by atomic mass is 10.1. The van der Waals surface area contributed by atoms with Crippen molar-refractivity contribution in [2.45, 2.75) is 26.3 Å². The fraction of sp³-hybridized carbons (Fsp3) is 0.250. The van der Waals surface area contributed by atoms with Gasteiger partial charge in [-0.2, -0.15) is 10.4 Å². The SMILES string of the molecule is CCCCN(C)Cc1cccc(C=NNc2nc(-c3ccccc3)c(C#N)c(=O)[nH]2)c1. The van der Waals surface area contributed by atoms with Gasteiger partial charge in [-0.25, -0.2) is 10.4 Å². The number of hydrazone groups is 1. The molecule has 7 heteroatoms. The van der Waals surface area contributed by atoms with Gasteiger partial charge in [0.05, 0.1) is 11.9 Å². The minimum Gasteiger partial charge on any atom is -0.302 e. The zero-order chi connectivity index (χ0) is 22.1. The molecule has 1 heterocycles. The lowest BCUT2D eigenvalue weighted by Gasteiger charge is -2.16. The third kappa shape index (κ3) is 6.11. The van der Waals surface area contributed by atoms with Gasteiger partial charge in [0.25, 0.3) is 5.56 Å². The van der Waals surface area contributed by atoms with Crippen LogP contribution >= 0.6 is 0 Å². The largest absolute Gasteiger partial charge is 0.302 e. The lowest BCUT2D eigenvalue weighted by Crippen LogP contribution is -2.18. The van der Waals surface area contributed by atoms with E-state index in [2.05, 4.69) is 51.5 Å². The van der Waals surface area contributed by atoms with E-state index >= 15 is 0 Å². The van der Waals surface area contributed by atoms with Crippen LogP contribution in [0, 0.1) is 11.3 Å². The molecule has 2 N–H and O–H groups in total. The molecular formula is C24H26N6O. The monoisotopic (exact) mass is 414 g/mol. The van der Waals surface area contributed by atoms with Gasteiger partial charge in [-0.05, 0) is 37.2 Å². The van der Waals surface area contributed by atoms with E-state index < -0.39 is 5.56 Å². The molecule has 0 amide bonds. The van der Waals surface area contributed by atoms with Crippen LogP contribution in [0.1, 0.15) is 36.5 Å². The van der Waals surface area contributed by atoms with Gasteiger partial charge < -0.3 is 4.90 Å². The van der Waals surface area contributed by atoms with Crippen molar-refractivity contribution in [3.8, 4) is 17.3 Å². The second kappa shape index (κ2) is 10.9. The highest BCUT2D eigenvalue weighted by molar-refractivity contribution is 5.80. The quantitative estimate of drug-likeness (QED) is 0.408. The summed E-state index contributed by atoms with van der Waals surface area (Å²) in [6.45, 7) is 4.13. The maximum Gasteiger partial charge on any atom is 0.270 e. The topological polar surface area (TPSA) is 97.2 Å². The average Bonchev–Trinajstić information content (AvgIpc) is 2.78. The van der Waals surface area contributed by atoms with E-state index in [0.717, 1.165) is 18.7 Å². The van der Waals surface area contributed by atoms with Crippen LogP contribution in [0.2, 0.25) is 0 Å². The number of benzene rings is 2. The van der Waals surface area contributed by atoms with Crippen LogP contribution in [0.3, 0.4) is 0 Å². The number of hydrogen-bond donors (Lipinski definition) is 2. The van der Waals surface area contributed by atoms with Crippen molar-refractivity contribution in [2.75, 3.05) is 19.0 Å². The molecule has 0 aliphatic rings. The number of rotatable bonds is 9. The van der Waals surface area contributed by atoms with Crippen LogP contribution in [0.15, 0.2) is 64.5 Å². The van der Waals surface area contributed by atoms with Gasteiger partial charge in [-0.1, -0.05) is 61.9 Å². The second-order valence-electron chi connectivity index (χ2n) is 7.32. The van der Waals surface area contributed by atoms with Gasteiger partial charge in [-0.3, -0.25) is 9.78 Å². The van der Waals surface area contributed by atoms with Gasteiger partial charge in [0, 0.05) is 12.1 Å². The molecular weight excluding hydrogens is 388 g/mol. The van der Waals surface area contributed by atoms with Gasteiger partial charge in [0.15, 0.2) is 0 Å². The van der Waals surface area contributed by atoms with Crippen molar-refractivity contribution < 1.29 is 0 Å². The standard InChI is InChI=1S/C24H26N6O/c1-3-4-13-30(2)17-19-10-8-9-18(14-19)16-26-29-24-27-22(20-11-6-5-7-12-20)21(15-25)23(31)28-24/h5-12,14,16H,3-4,13,17H2,1-2H3,(H2,27,28,29,31). The van der Waals surface area contributed by atoms with Crippen LogP contribution in [0.4, 0.5) is 5.95 Å². The summed E-state index contributed by atoms with van der Waals surface area (Å²) in [6.07, 6.45) is 4.04. The highest BCUT2D eigenvalue weighted by Gasteiger charge is 2.12. The molecule has 0 unspecified atom stereocenters. The molecule has 0 saturated heterocycles. The Bertz CT molecular complexity index is 1130. The second-order valence-corrected chi connectivity index (χ2v) is 7.32. The Kier molecular flexibility index (Phi) is 7.68. The third-order valence-corrected chi connectivity index (χ3v) is 4.76. The summed E-state index contributed by atoms with van der Waals surface area (Å²) >= 11 is 0. The Morgan fingerprint density at radius 2 is 2.03 bits per heavy atom. The highest BCUT2D eigenvalue weighted by atomic mass is 16.1. The number of nitrogens with one attached hydrogen (secondary N) is 2. The Hall–Kier alpha value is -3.76. The highest BCUT2D eigenvalue weighted by Crippen LogP contribution is 2.19. The lowest BCUT2D eigenvalue weighted by molar-refractivity contribution is 0.321. The molecule has 3 aromatic rings. The molecule has 0 radical (unpaired) electrons. The fourth-order valence-corrected chi connectivity index (χ4v) is 3.19. The minimum absolute atomic E-state index is 0.0272. The van der Waals surface area contributed by atoms with Crippen LogP contribution in [0.5, 0.6) is 0 Å².